The van der Waals surface area contributed by atoms with Crippen LogP contribution in [0.5, 0.6) is 0 Å². The zero-order chi connectivity index (χ0) is 23.8. The largest absolute Gasteiger partial charge is 0.347 e. The predicted octanol–water partition coefficient (Wildman–Crippen LogP) is 6.02. The fourth-order valence-electron chi connectivity index (χ4n) is 7.42. The van der Waals surface area contributed by atoms with Gasteiger partial charge in [-0.05, 0) is 67.3 Å². The Morgan fingerprint density at radius 1 is 1.09 bits per heavy atom. The monoisotopic (exact) mass is 467 g/mol. The van der Waals surface area contributed by atoms with Crippen LogP contribution in [0.3, 0.4) is 0 Å². The fraction of sp³-hybridized carbons (Fsp3) is 0.484. The van der Waals surface area contributed by atoms with Gasteiger partial charge in [-0.3, -0.25) is 14.7 Å². The van der Waals surface area contributed by atoms with Gasteiger partial charge in [-0.2, -0.15) is 0 Å². The van der Waals surface area contributed by atoms with E-state index in [1.54, 1.807) is 0 Å². The van der Waals surface area contributed by atoms with Crippen LogP contribution in [0, 0.1) is 11.8 Å². The number of nitrogens with zero attached hydrogens (tertiary/aromatic N) is 2. The first-order valence-corrected chi connectivity index (χ1v) is 13.6. The summed E-state index contributed by atoms with van der Waals surface area (Å²) in [6.45, 7) is 4.64. The summed E-state index contributed by atoms with van der Waals surface area (Å²) in [6, 6.07) is 21.4. The van der Waals surface area contributed by atoms with Crippen molar-refractivity contribution in [2.24, 2.45) is 11.8 Å². The molecule has 3 aliphatic heterocycles. The minimum Gasteiger partial charge on any atom is -0.347 e. The molecule has 2 bridgehead atoms. The van der Waals surface area contributed by atoms with Gasteiger partial charge < -0.3 is 5.32 Å². The quantitative estimate of drug-likeness (QED) is 0.482. The smallest absolute Gasteiger partial charge is 0.231 e. The molecular weight excluding hydrogens is 430 g/mol. The number of rotatable bonds is 6. The molecule has 3 aromatic rings. The normalized spacial score (nSPS) is 28.1. The lowest BCUT2D eigenvalue weighted by Gasteiger charge is -2.52. The Hall–Kier alpha value is -2.72. The highest BCUT2D eigenvalue weighted by atomic mass is 16.2. The molecule has 1 saturated carbocycles. The molecule has 2 aromatic carbocycles. The standard InChI is InChI=1S/C31H37N3O/c1-2-22-21-34-19-15-23(22)20-28(34)29(26-14-18-32-27-13-7-6-12-25(26)27)33-30(35)31(16-8-9-17-31)24-10-4-3-5-11-24/h3-7,10-14,18,22-23,28-29H,2,8-9,15-17,19-21H2,1H3,(H,33,35). The van der Waals surface area contributed by atoms with Crippen LogP contribution in [0.25, 0.3) is 10.9 Å². The zero-order valence-corrected chi connectivity index (χ0v) is 20.8. The van der Waals surface area contributed by atoms with Crippen molar-refractivity contribution in [3.05, 3.63) is 78.0 Å². The summed E-state index contributed by atoms with van der Waals surface area (Å²) in [5.74, 6) is 1.76. The summed E-state index contributed by atoms with van der Waals surface area (Å²) in [7, 11) is 0. The van der Waals surface area contributed by atoms with E-state index in [9.17, 15) is 4.79 Å². The molecule has 0 spiro atoms. The second kappa shape index (κ2) is 9.39. The Balaban J connectivity index is 1.40. The first-order valence-electron chi connectivity index (χ1n) is 13.6. The molecule has 4 heteroatoms. The van der Waals surface area contributed by atoms with Gasteiger partial charge in [-0.15, -0.1) is 0 Å². The number of hydrogen-bond acceptors (Lipinski definition) is 3. The van der Waals surface area contributed by atoms with Crippen LogP contribution in [-0.4, -0.2) is 34.9 Å². The molecule has 35 heavy (non-hydrogen) atoms. The molecule has 182 valence electrons. The Bertz CT molecular complexity index is 1180. The lowest BCUT2D eigenvalue weighted by Crippen LogP contribution is -2.58. The molecule has 1 aromatic heterocycles. The maximum absolute atomic E-state index is 14.3. The second-order valence-corrected chi connectivity index (χ2v) is 11.0. The number of carbonyl (C=O) groups excluding carboxylic acids is 1. The molecule has 1 amide bonds. The maximum atomic E-state index is 14.3. The first-order chi connectivity index (χ1) is 17.2. The lowest BCUT2D eigenvalue weighted by molar-refractivity contribution is -0.128. The molecule has 3 saturated heterocycles. The third kappa shape index (κ3) is 3.96. The van der Waals surface area contributed by atoms with Crippen LogP contribution in [0.4, 0.5) is 0 Å². The van der Waals surface area contributed by atoms with Gasteiger partial charge in [0.15, 0.2) is 0 Å². The SMILES string of the molecule is CCC1CN2CCC1CC2C(NC(=O)C1(c2ccccc2)CCCC1)c1ccnc2ccccc12. The van der Waals surface area contributed by atoms with Gasteiger partial charge in [-0.25, -0.2) is 0 Å². The number of aromatic nitrogens is 1. The van der Waals surface area contributed by atoms with Crippen LogP contribution >= 0.6 is 0 Å². The summed E-state index contributed by atoms with van der Waals surface area (Å²) >= 11 is 0. The van der Waals surface area contributed by atoms with Crippen LogP contribution in [0.2, 0.25) is 0 Å². The van der Waals surface area contributed by atoms with Crippen molar-refractivity contribution < 1.29 is 4.79 Å². The molecule has 4 heterocycles. The number of fused-ring (bicyclic) bond motifs is 4. The van der Waals surface area contributed by atoms with Crippen LogP contribution in [-0.2, 0) is 10.2 Å². The average molecular weight is 468 g/mol. The van der Waals surface area contributed by atoms with Crippen LogP contribution in [0.1, 0.15) is 69.0 Å². The third-order valence-electron chi connectivity index (χ3n) is 9.37. The van der Waals surface area contributed by atoms with E-state index in [0.717, 1.165) is 61.5 Å². The van der Waals surface area contributed by atoms with Crippen molar-refractivity contribution in [2.75, 3.05) is 13.1 Å². The summed E-state index contributed by atoms with van der Waals surface area (Å²) in [5, 5.41) is 4.85. The number of pyridine rings is 1. The summed E-state index contributed by atoms with van der Waals surface area (Å²) in [6.07, 6.45) is 9.72. The van der Waals surface area contributed by atoms with E-state index in [1.807, 2.05) is 18.3 Å². The van der Waals surface area contributed by atoms with E-state index in [-0.39, 0.29) is 11.9 Å². The zero-order valence-electron chi connectivity index (χ0n) is 20.8. The minimum absolute atomic E-state index is 0.0304. The number of nitrogens with one attached hydrogen (secondary N) is 1. The van der Waals surface area contributed by atoms with Gasteiger partial charge in [0, 0.05) is 24.2 Å². The number of hydrogen-bond donors (Lipinski definition) is 1. The number of piperidine rings is 3. The van der Waals surface area contributed by atoms with Gasteiger partial charge in [0.05, 0.1) is 17.0 Å². The van der Waals surface area contributed by atoms with Gasteiger partial charge in [0.25, 0.3) is 0 Å². The number of benzene rings is 2. The molecule has 4 aliphatic rings. The molecular formula is C31H37N3O. The van der Waals surface area contributed by atoms with E-state index in [0.29, 0.717) is 6.04 Å². The molecule has 1 aliphatic carbocycles. The Labute approximate surface area is 209 Å². The number of para-hydroxylation sites is 1. The minimum atomic E-state index is -0.419. The lowest BCUT2D eigenvalue weighted by atomic mass is 9.71. The van der Waals surface area contributed by atoms with Gasteiger partial charge in [0.1, 0.15) is 0 Å². The van der Waals surface area contributed by atoms with E-state index >= 15 is 0 Å². The van der Waals surface area contributed by atoms with Crippen molar-refractivity contribution >= 4 is 16.8 Å². The van der Waals surface area contributed by atoms with Crippen molar-refractivity contribution in [2.45, 2.75) is 69.4 Å². The number of carbonyl (C=O) groups is 1. The first kappa shape index (κ1) is 22.7. The summed E-state index contributed by atoms with van der Waals surface area (Å²) in [5.41, 5.74) is 2.98. The van der Waals surface area contributed by atoms with Crippen molar-refractivity contribution in [1.29, 1.82) is 0 Å². The maximum Gasteiger partial charge on any atom is 0.231 e. The highest BCUT2D eigenvalue weighted by Gasteiger charge is 2.47. The Morgan fingerprint density at radius 2 is 1.86 bits per heavy atom. The Morgan fingerprint density at radius 3 is 2.60 bits per heavy atom. The summed E-state index contributed by atoms with van der Waals surface area (Å²) in [4.78, 5) is 21.6. The van der Waals surface area contributed by atoms with Crippen LogP contribution in [0.15, 0.2) is 66.9 Å². The Kier molecular flexibility index (Phi) is 6.09. The summed E-state index contributed by atoms with van der Waals surface area (Å²) < 4.78 is 0. The van der Waals surface area contributed by atoms with E-state index in [1.165, 1.54) is 30.4 Å². The van der Waals surface area contributed by atoms with Crippen molar-refractivity contribution in [3.63, 3.8) is 0 Å². The fourth-order valence-corrected chi connectivity index (χ4v) is 7.42. The highest BCUT2D eigenvalue weighted by Crippen LogP contribution is 2.45. The molecule has 0 radical (unpaired) electrons. The van der Waals surface area contributed by atoms with Gasteiger partial charge in [-0.1, -0.05) is 74.7 Å². The van der Waals surface area contributed by atoms with E-state index in [4.69, 9.17) is 0 Å². The van der Waals surface area contributed by atoms with Crippen molar-refractivity contribution in [3.8, 4) is 0 Å². The van der Waals surface area contributed by atoms with E-state index < -0.39 is 5.41 Å². The topological polar surface area (TPSA) is 45.2 Å². The molecule has 4 nitrogen and oxygen atoms in total. The molecule has 4 fully saturated rings. The molecule has 5 atom stereocenters. The highest BCUT2D eigenvalue weighted by molar-refractivity contribution is 5.90. The average Bonchev–Trinajstić information content (AvgIpc) is 3.43. The number of amides is 1. The van der Waals surface area contributed by atoms with Crippen LogP contribution < -0.4 is 5.32 Å². The van der Waals surface area contributed by atoms with Crippen molar-refractivity contribution in [1.82, 2.24) is 15.2 Å². The predicted molar refractivity (Wildman–Crippen MR) is 141 cm³/mol. The van der Waals surface area contributed by atoms with Gasteiger partial charge >= 0.3 is 0 Å². The molecule has 5 unspecified atom stereocenters. The van der Waals surface area contributed by atoms with E-state index in [2.05, 4.69) is 70.7 Å². The third-order valence-corrected chi connectivity index (χ3v) is 9.37. The molecule has 1 N–H and O–H groups in total. The second-order valence-electron chi connectivity index (χ2n) is 11.0. The molecule has 7 rings (SSSR count). The van der Waals surface area contributed by atoms with Gasteiger partial charge in [0.2, 0.25) is 5.91 Å².